The van der Waals surface area contributed by atoms with Crippen molar-refractivity contribution in [2.24, 2.45) is 0 Å². The lowest BCUT2D eigenvalue weighted by atomic mass is 10.0. The Labute approximate surface area is 167 Å². The van der Waals surface area contributed by atoms with Crippen LogP contribution in [0.5, 0.6) is 5.75 Å². The summed E-state index contributed by atoms with van der Waals surface area (Å²) in [6.45, 7) is 5.85. The molecule has 0 unspecified atom stereocenters. The van der Waals surface area contributed by atoms with Crippen LogP contribution in [0.15, 0.2) is 53.1 Å². The third kappa shape index (κ3) is 4.39. The topological polar surface area (TPSA) is 63.2 Å². The first-order chi connectivity index (χ1) is 12.8. The predicted octanol–water partition coefficient (Wildman–Crippen LogP) is 5.28. The van der Waals surface area contributed by atoms with Crippen LogP contribution in [-0.4, -0.2) is 23.5 Å². The molecule has 3 aromatic rings. The molecule has 1 aromatic heterocycles. The van der Waals surface area contributed by atoms with Crippen molar-refractivity contribution in [2.75, 3.05) is 12.4 Å². The number of nitrogens with one attached hydrogen (secondary N) is 2. The summed E-state index contributed by atoms with van der Waals surface area (Å²) < 4.78 is 6.16. The van der Waals surface area contributed by atoms with Crippen molar-refractivity contribution in [2.45, 2.75) is 26.3 Å². The first kappa shape index (κ1) is 19.2. The number of amides is 1. The van der Waals surface area contributed by atoms with Crippen LogP contribution < -0.4 is 15.4 Å². The van der Waals surface area contributed by atoms with E-state index in [9.17, 15) is 4.79 Å². The van der Waals surface area contributed by atoms with Crippen LogP contribution in [0.1, 0.15) is 31.1 Å². The summed E-state index contributed by atoms with van der Waals surface area (Å²) in [5.41, 5.74) is 2.47. The number of rotatable bonds is 4. The molecule has 1 amide bonds. The van der Waals surface area contributed by atoms with Gasteiger partial charge in [-0.2, -0.15) is 0 Å². The van der Waals surface area contributed by atoms with E-state index in [1.807, 2.05) is 63.2 Å². The van der Waals surface area contributed by atoms with E-state index in [2.05, 4.69) is 31.5 Å². The molecule has 0 aliphatic heterocycles. The average Bonchev–Trinajstić information content (AvgIpc) is 2.61. The predicted molar refractivity (Wildman–Crippen MR) is 113 cm³/mol. The minimum Gasteiger partial charge on any atom is -0.495 e. The maximum atomic E-state index is 12.9. The number of fused-ring (bicyclic) bond motifs is 1. The molecule has 0 radical (unpaired) electrons. The number of ether oxygens (including phenoxy) is 1. The molecule has 27 heavy (non-hydrogen) atoms. The first-order valence-corrected chi connectivity index (χ1v) is 9.38. The Bertz CT molecular complexity index is 982. The van der Waals surface area contributed by atoms with Crippen molar-refractivity contribution in [1.29, 1.82) is 0 Å². The summed E-state index contributed by atoms with van der Waals surface area (Å²) in [5, 5.41) is 7.22. The van der Waals surface area contributed by atoms with Gasteiger partial charge in [0.05, 0.1) is 28.4 Å². The van der Waals surface area contributed by atoms with E-state index < -0.39 is 0 Å². The summed E-state index contributed by atoms with van der Waals surface area (Å²) >= 11 is 3.53. The number of pyridine rings is 1. The molecule has 0 saturated heterocycles. The van der Waals surface area contributed by atoms with Gasteiger partial charge in [0, 0.05) is 28.9 Å². The number of hydrogen-bond acceptors (Lipinski definition) is 4. The van der Waals surface area contributed by atoms with Crippen molar-refractivity contribution in [3.05, 3.63) is 58.7 Å². The molecule has 140 valence electrons. The van der Waals surface area contributed by atoms with Crippen LogP contribution in [0.2, 0.25) is 0 Å². The lowest BCUT2D eigenvalue weighted by Gasteiger charge is -2.22. The second-order valence-electron chi connectivity index (χ2n) is 7.25. The van der Waals surface area contributed by atoms with Crippen LogP contribution in [0.25, 0.3) is 10.9 Å². The number of carbonyl (C=O) groups excluding carboxylic acids is 1. The summed E-state index contributed by atoms with van der Waals surface area (Å²) in [6.07, 6.45) is 1.60. The van der Waals surface area contributed by atoms with Crippen molar-refractivity contribution < 1.29 is 9.53 Å². The van der Waals surface area contributed by atoms with Gasteiger partial charge in [-0.25, -0.2) is 0 Å². The standard InChI is InChI=1S/C21H22BrN3O2/c1-21(2,3)25-20(26)15-12-23-17-11-18(27-4)16(22)10-14(17)19(15)24-13-8-6-5-7-9-13/h5-12H,1-4H3,(H,23,24)(H,25,26). The summed E-state index contributed by atoms with van der Waals surface area (Å²) in [6, 6.07) is 13.5. The third-order valence-electron chi connectivity index (χ3n) is 3.92. The van der Waals surface area contributed by atoms with Gasteiger partial charge in [0.1, 0.15) is 5.75 Å². The Hall–Kier alpha value is -2.60. The Morgan fingerprint density at radius 2 is 1.85 bits per heavy atom. The maximum absolute atomic E-state index is 12.9. The molecule has 0 saturated carbocycles. The van der Waals surface area contributed by atoms with Crippen molar-refractivity contribution in [1.82, 2.24) is 10.3 Å². The van der Waals surface area contributed by atoms with E-state index in [4.69, 9.17) is 4.74 Å². The van der Waals surface area contributed by atoms with Gasteiger partial charge in [-0.3, -0.25) is 9.78 Å². The molecule has 1 heterocycles. The molecule has 3 rings (SSSR count). The highest BCUT2D eigenvalue weighted by Crippen LogP contribution is 2.35. The highest BCUT2D eigenvalue weighted by Gasteiger charge is 2.21. The van der Waals surface area contributed by atoms with E-state index >= 15 is 0 Å². The fourth-order valence-electron chi connectivity index (χ4n) is 2.73. The van der Waals surface area contributed by atoms with Crippen molar-refractivity contribution in [3.63, 3.8) is 0 Å². The average molecular weight is 428 g/mol. The number of anilines is 2. The van der Waals surface area contributed by atoms with E-state index in [-0.39, 0.29) is 11.4 Å². The van der Waals surface area contributed by atoms with Crippen LogP contribution in [0.3, 0.4) is 0 Å². The van der Waals surface area contributed by atoms with Gasteiger partial charge in [0.15, 0.2) is 0 Å². The maximum Gasteiger partial charge on any atom is 0.255 e. The number of benzene rings is 2. The molecule has 0 aliphatic carbocycles. The monoisotopic (exact) mass is 427 g/mol. The molecular formula is C21H22BrN3O2. The number of aromatic nitrogens is 1. The molecule has 6 heteroatoms. The Kier molecular flexibility index (Phi) is 5.37. The van der Waals surface area contributed by atoms with E-state index in [0.29, 0.717) is 17.0 Å². The second-order valence-corrected chi connectivity index (χ2v) is 8.10. The smallest absolute Gasteiger partial charge is 0.255 e. The molecule has 0 fully saturated rings. The number of halogens is 1. The molecule has 0 spiro atoms. The Balaban J connectivity index is 2.19. The number of nitrogens with zero attached hydrogens (tertiary/aromatic N) is 1. The van der Waals surface area contributed by atoms with Gasteiger partial charge in [-0.05, 0) is 54.9 Å². The quantitative estimate of drug-likeness (QED) is 0.594. The fourth-order valence-corrected chi connectivity index (χ4v) is 3.24. The molecule has 0 atom stereocenters. The molecule has 2 aromatic carbocycles. The third-order valence-corrected chi connectivity index (χ3v) is 4.54. The zero-order valence-electron chi connectivity index (χ0n) is 15.8. The van der Waals surface area contributed by atoms with Crippen LogP contribution in [0.4, 0.5) is 11.4 Å². The number of hydrogen-bond donors (Lipinski definition) is 2. The Morgan fingerprint density at radius 1 is 1.15 bits per heavy atom. The highest BCUT2D eigenvalue weighted by atomic mass is 79.9. The van der Waals surface area contributed by atoms with Crippen LogP contribution >= 0.6 is 15.9 Å². The lowest BCUT2D eigenvalue weighted by Crippen LogP contribution is -2.40. The summed E-state index contributed by atoms with van der Waals surface area (Å²) in [5.74, 6) is 0.509. The normalized spacial score (nSPS) is 11.3. The highest BCUT2D eigenvalue weighted by molar-refractivity contribution is 9.10. The van der Waals surface area contributed by atoms with E-state index in [1.165, 1.54) is 0 Å². The summed E-state index contributed by atoms with van der Waals surface area (Å²) in [4.78, 5) is 17.4. The molecule has 5 nitrogen and oxygen atoms in total. The molecule has 2 N–H and O–H groups in total. The Morgan fingerprint density at radius 3 is 2.48 bits per heavy atom. The lowest BCUT2D eigenvalue weighted by molar-refractivity contribution is 0.0920. The van der Waals surface area contributed by atoms with Crippen molar-refractivity contribution >= 4 is 44.1 Å². The summed E-state index contributed by atoms with van der Waals surface area (Å²) in [7, 11) is 1.61. The minimum atomic E-state index is -0.351. The zero-order valence-corrected chi connectivity index (χ0v) is 17.3. The fraction of sp³-hybridized carbons (Fsp3) is 0.238. The largest absolute Gasteiger partial charge is 0.495 e. The van der Waals surface area contributed by atoms with Gasteiger partial charge in [-0.15, -0.1) is 0 Å². The van der Waals surface area contributed by atoms with E-state index in [0.717, 1.165) is 21.1 Å². The number of carbonyl (C=O) groups is 1. The van der Waals surface area contributed by atoms with Crippen LogP contribution in [0, 0.1) is 0 Å². The molecule has 0 aliphatic rings. The van der Waals surface area contributed by atoms with Gasteiger partial charge in [0.2, 0.25) is 0 Å². The number of methoxy groups -OCH3 is 1. The van der Waals surface area contributed by atoms with Crippen molar-refractivity contribution in [3.8, 4) is 5.75 Å². The van der Waals surface area contributed by atoms with Gasteiger partial charge >= 0.3 is 0 Å². The second kappa shape index (κ2) is 7.56. The zero-order chi connectivity index (χ0) is 19.6. The van der Waals surface area contributed by atoms with Crippen LogP contribution in [-0.2, 0) is 0 Å². The van der Waals surface area contributed by atoms with Gasteiger partial charge in [0.25, 0.3) is 5.91 Å². The first-order valence-electron chi connectivity index (χ1n) is 8.59. The minimum absolute atomic E-state index is 0.178. The molecule has 0 bridgehead atoms. The number of para-hydroxylation sites is 1. The van der Waals surface area contributed by atoms with E-state index in [1.54, 1.807) is 13.3 Å². The van der Waals surface area contributed by atoms with Gasteiger partial charge in [-0.1, -0.05) is 18.2 Å². The van der Waals surface area contributed by atoms with Gasteiger partial charge < -0.3 is 15.4 Å². The SMILES string of the molecule is COc1cc2ncc(C(=O)NC(C)(C)C)c(Nc3ccccc3)c2cc1Br. The molecular weight excluding hydrogens is 406 g/mol.